The number of carbonyl (C=O) groups excluding carboxylic acids is 1. The van der Waals surface area contributed by atoms with Crippen molar-refractivity contribution >= 4 is 34.5 Å². The molecule has 0 aliphatic carbocycles. The van der Waals surface area contributed by atoms with Crippen LogP contribution in [-0.2, 0) is 0 Å². The standard InChI is InChI=1S/C15H14N2OS/c1-3-8-13-12(4-2)16-15(19-13)17-14(18)11-9-6-5-7-10-11/h3-10H,1H2,2H3,(H,16,17,18)/b12-4+,13-8+. The molecule has 0 aliphatic rings. The van der Waals surface area contributed by atoms with Crippen LogP contribution in [-0.4, -0.2) is 10.9 Å². The van der Waals surface area contributed by atoms with Crippen LogP contribution in [0.3, 0.4) is 0 Å². The first-order valence-electron chi connectivity index (χ1n) is 5.87. The Morgan fingerprint density at radius 1 is 1.37 bits per heavy atom. The molecule has 0 atom stereocenters. The highest BCUT2D eigenvalue weighted by Crippen LogP contribution is 2.07. The number of anilines is 1. The highest BCUT2D eigenvalue weighted by molar-refractivity contribution is 7.13. The summed E-state index contributed by atoms with van der Waals surface area (Å²) in [4.78, 5) is 16.4. The molecule has 2 rings (SSSR count). The normalized spacial score (nSPS) is 12.5. The molecule has 1 amide bonds. The van der Waals surface area contributed by atoms with Gasteiger partial charge in [0.1, 0.15) is 0 Å². The summed E-state index contributed by atoms with van der Waals surface area (Å²) in [5, 5.41) is 4.25. The van der Waals surface area contributed by atoms with Crippen molar-refractivity contribution in [3.8, 4) is 0 Å². The van der Waals surface area contributed by atoms with Gasteiger partial charge in [0.25, 0.3) is 5.91 Å². The molecule has 1 aromatic heterocycles. The average molecular weight is 270 g/mol. The van der Waals surface area contributed by atoms with Gasteiger partial charge in [-0.25, -0.2) is 4.98 Å². The van der Waals surface area contributed by atoms with Crippen LogP contribution in [0, 0.1) is 0 Å². The Morgan fingerprint density at radius 2 is 2.11 bits per heavy atom. The molecule has 0 unspecified atom stereocenters. The average Bonchev–Trinajstić information content (AvgIpc) is 2.82. The SMILES string of the molecule is C=C/C=c1/sc(NC(=O)c2ccccc2)n/c1=C/C. The van der Waals surface area contributed by atoms with Crippen molar-refractivity contribution in [2.24, 2.45) is 0 Å². The molecule has 1 heterocycles. The lowest BCUT2D eigenvalue weighted by Gasteiger charge is -2.00. The summed E-state index contributed by atoms with van der Waals surface area (Å²) in [5.74, 6) is -0.151. The fourth-order valence-electron chi connectivity index (χ4n) is 1.59. The zero-order valence-electron chi connectivity index (χ0n) is 10.6. The van der Waals surface area contributed by atoms with E-state index in [1.54, 1.807) is 18.2 Å². The number of aromatic nitrogens is 1. The van der Waals surface area contributed by atoms with E-state index >= 15 is 0 Å². The molecule has 0 saturated carbocycles. The van der Waals surface area contributed by atoms with Crippen molar-refractivity contribution in [1.29, 1.82) is 0 Å². The van der Waals surface area contributed by atoms with Crippen LogP contribution in [0.5, 0.6) is 0 Å². The highest BCUT2D eigenvalue weighted by Gasteiger charge is 2.07. The zero-order valence-corrected chi connectivity index (χ0v) is 11.4. The summed E-state index contributed by atoms with van der Waals surface area (Å²) < 4.78 is 0.987. The van der Waals surface area contributed by atoms with Crippen LogP contribution in [0.15, 0.2) is 43.0 Å². The number of thiazole rings is 1. The Balaban J connectivity index is 2.28. The van der Waals surface area contributed by atoms with Gasteiger partial charge in [0, 0.05) is 5.56 Å². The van der Waals surface area contributed by atoms with Crippen LogP contribution >= 0.6 is 11.3 Å². The van der Waals surface area contributed by atoms with Gasteiger partial charge < -0.3 is 0 Å². The van der Waals surface area contributed by atoms with Gasteiger partial charge in [-0.15, -0.1) is 0 Å². The van der Waals surface area contributed by atoms with Crippen molar-refractivity contribution in [2.75, 3.05) is 5.32 Å². The van der Waals surface area contributed by atoms with Gasteiger partial charge in [0.2, 0.25) is 0 Å². The van der Waals surface area contributed by atoms with E-state index in [0.29, 0.717) is 10.7 Å². The summed E-state index contributed by atoms with van der Waals surface area (Å²) in [6.45, 7) is 5.59. The Morgan fingerprint density at radius 3 is 2.74 bits per heavy atom. The number of hydrogen-bond acceptors (Lipinski definition) is 3. The van der Waals surface area contributed by atoms with E-state index < -0.39 is 0 Å². The minimum Gasteiger partial charge on any atom is -0.298 e. The second-order valence-corrected chi connectivity index (χ2v) is 4.81. The number of nitrogens with one attached hydrogen (secondary N) is 1. The molecule has 4 heteroatoms. The maximum Gasteiger partial charge on any atom is 0.257 e. The van der Waals surface area contributed by atoms with Crippen molar-refractivity contribution in [3.05, 3.63) is 58.4 Å². The van der Waals surface area contributed by atoms with Gasteiger partial charge in [-0.1, -0.05) is 48.3 Å². The molecule has 96 valence electrons. The lowest BCUT2D eigenvalue weighted by Crippen LogP contribution is -2.20. The number of carbonyl (C=O) groups is 1. The van der Waals surface area contributed by atoms with Gasteiger partial charge >= 0.3 is 0 Å². The Kier molecular flexibility index (Phi) is 4.26. The van der Waals surface area contributed by atoms with Gasteiger partial charge in [0.05, 0.1) is 9.88 Å². The zero-order chi connectivity index (χ0) is 13.7. The number of nitrogens with zero attached hydrogens (tertiary/aromatic N) is 1. The molecule has 1 N–H and O–H groups in total. The third-order valence-electron chi connectivity index (χ3n) is 2.48. The van der Waals surface area contributed by atoms with E-state index in [4.69, 9.17) is 0 Å². The highest BCUT2D eigenvalue weighted by atomic mass is 32.1. The Bertz CT molecular complexity index is 701. The lowest BCUT2D eigenvalue weighted by atomic mass is 10.2. The third-order valence-corrected chi connectivity index (χ3v) is 3.43. The first-order valence-corrected chi connectivity index (χ1v) is 6.68. The fourth-order valence-corrected chi connectivity index (χ4v) is 2.52. The monoisotopic (exact) mass is 270 g/mol. The molecule has 0 saturated heterocycles. The second kappa shape index (κ2) is 6.11. The van der Waals surface area contributed by atoms with Crippen LogP contribution in [0.4, 0.5) is 5.13 Å². The molecule has 0 radical (unpaired) electrons. The van der Waals surface area contributed by atoms with Crippen LogP contribution in [0.25, 0.3) is 12.2 Å². The van der Waals surface area contributed by atoms with Gasteiger partial charge in [-0.3, -0.25) is 10.1 Å². The molecule has 0 fully saturated rings. The van der Waals surface area contributed by atoms with E-state index in [2.05, 4.69) is 16.9 Å². The number of hydrogen-bond donors (Lipinski definition) is 1. The van der Waals surface area contributed by atoms with Crippen LogP contribution in [0.2, 0.25) is 0 Å². The number of rotatable bonds is 3. The largest absolute Gasteiger partial charge is 0.298 e. The van der Waals surface area contributed by atoms with Crippen LogP contribution in [0.1, 0.15) is 17.3 Å². The second-order valence-electron chi connectivity index (χ2n) is 3.78. The third kappa shape index (κ3) is 3.17. The molecular formula is C15H14N2OS. The van der Waals surface area contributed by atoms with Crippen LogP contribution < -0.4 is 15.2 Å². The molecular weight excluding hydrogens is 256 g/mol. The first-order chi connectivity index (χ1) is 9.24. The predicted molar refractivity (Wildman–Crippen MR) is 80.6 cm³/mol. The first kappa shape index (κ1) is 13.2. The van der Waals surface area contributed by atoms with Crippen molar-refractivity contribution in [1.82, 2.24) is 4.98 Å². The van der Waals surface area contributed by atoms with Crippen molar-refractivity contribution in [2.45, 2.75) is 6.92 Å². The molecule has 0 aliphatic heterocycles. The fraction of sp³-hybridized carbons (Fsp3) is 0.0667. The summed E-state index contributed by atoms with van der Waals surface area (Å²) in [5.41, 5.74) is 0.619. The minimum absolute atomic E-state index is 0.151. The van der Waals surface area contributed by atoms with E-state index in [1.165, 1.54) is 11.3 Å². The maximum atomic E-state index is 12.0. The summed E-state index contributed by atoms with van der Waals surface area (Å²) in [6.07, 6.45) is 5.50. The topological polar surface area (TPSA) is 42.0 Å². The molecule has 0 spiro atoms. The molecule has 1 aromatic carbocycles. The van der Waals surface area contributed by atoms with E-state index in [0.717, 1.165) is 9.88 Å². The predicted octanol–water partition coefficient (Wildman–Crippen LogP) is 2.16. The smallest absolute Gasteiger partial charge is 0.257 e. The lowest BCUT2D eigenvalue weighted by molar-refractivity contribution is 0.102. The van der Waals surface area contributed by atoms with Crippen molar-refractivity contribution < 1.29 is 4.79 Å². The van der Waals surface area contributed by atoms with E-state index in [-0.39, 0.29) is 5.91 Å². The van der Waals surface area contributed by atoms with Gasteiger partial charge in [0.15, 0.2) is 5.13 Å². The van der Waals surface area contributed by atoms with E-state index in [1.807, 2.05) is 37.3 Å². The number of benzene rings is 1. The number of allylic oxidation sites excluding steroid dienone is 1. The Hall–Kier alpha value is -2.20. The summed E-state index contributed by atoms with van der Waals surface area (Å²) in [7, 11) is 0. The quantitative estimate of drug-likeness (QED) is 0.928. The van der Waals surface area contributed by atoms with E-state index in [9.17, 15) is 4.79 Å². The minimum atomic E-state index is -0.151. The summed E-state index contributed by atoms with van der Waals surface area (Å²) in [6, 6.07) is 9.08. The van der Waals surface area contributed by atoms with Gasteiger partial charge in [-0.2, -0.15) is 0 Å². The maximum absolute atomic E-state index is 12.0. The number of amides is 1. The summed E-state index contributed by atoms with van der Waals surface area (Å²) >= 11 is 1.43. The molecule has 3 nitrogen and oxygen atoms in total. The van der Waals surface area contributed by atoms with Crippen molar-refractivity contribution in [3.63, 3.8) is 0 Å². The Labute approximate surface area is 115 Å². The van der Waals surface area contributed by atoms with Gasteiger partial charge in [-0.05, 0) is 25.1 Å². The molecule has 2 aromatic rings. The molecule has 0 bridgehead atoms. The molecule has 19 heavy (non-hydrogen) atoms.